The van der Waals surface area contributed by atoms with Gasteiger partial charge in [-0.2, -0.15) is 0 Å². The standard InChI is InChI=1S/C13H16BrClO2/c14-9-3-5-11(12(15)8-9)13(16)6-4-10-2-1-7-17-10/h3,5,8,10,13,16H,1-2,4,6-7H2. The van der Waals surface area contributed by atoms with E-state index < -0.39 is 6.10 Å². The minimum atomic E-state index is -0.500. The van der Waals surface area contributed by atoms with Gasteiger partial charge in [0.05, 0.1) is 12.2 Å². The monoisotopic (exact) mass is 318 g/mol. The van der Waals surface area contributed by atoms with Gasteiger partial charge < -0.3 is 9.84 Å². The normalized spacial score (nSPS) is 21.7. The lowest BCUT2D eigenvalue weighted by molar-refractivity contribution is 0.0812. The number of hydrogen-bond acceptors (Lipinski definition) is 2. The lowest BCUT2D eigenvalue weighted by Crippen LogP contribution is -2.08. The first-order valence-electron chi connectivity index (χ1n) is 5.91. The van der Waals surface area contributed by atoms with Crippen molar-refractivity contribution in [3.63, 3.8) is 0 Å². The van der Waals surface area contributed by atoms with Gasteiger partial charge >= 0.3 is 0 Å². The van der Waals surface area contributed by atoms with Crippen LogP contribution in [0.2, 0.25) is 5.02 Å². The maximum atomic E-state index is 10.1. The summed E-state index contributed by atoms with van der Waals surface area (Å²) in [7, 11) is 0. The largest absolute Gasteiger partial charge is 0.388 e. The van der Waals surface area contributed by atoms with Crippen molar-refractivity contribution in [2.24, 2.45) is 0 Å². The predicted molar refractivity (Wildman–Crippen MR) is 72.3 cm³/mol. The fraction of sp³-hybridized carbons (Fsp3) is 0.538. The van der Waals surface area contributed by atoms with Crippen molar-refractivity contribution in [3.05, 3.63) is 33.3 Å². The van der Waals surface area contributed by atoms with E-state index in [1.807, 2.05) is 18.2 Å². The van der Waals surface area contributed by atoms with E-state index in [0.29, 0.717) is 17.5 Å². The molecule has 1 fully saturated rings. The molecule has 0 radical (unpaired) electrons. The molecule has 0 saturated carbocycles. The molecule has 2 nitrogen and oxygen atoms in total. The van der Waals surface area contributed by atoms with E-state index in [1.165, 1.54) is 0 Å². The highest BCUT2D eigenvalue weighted by atomic mass is 79.9. The fourth-order valence-corrected chi connectivity index (χ4v) is 2.94. The Morgan fingerprint density at radius 2 is 2.35 bits per heavy atom. The fourth-order valence-electron chi connectivity index (χ4n) is 2.14. The summed E-state index contributed by atoms with van der Waals surface area (Å²) >= 11 is 9.45. The molecule has 1 saturated heterocycles. The smallest absolute Gasteiger partial charge is 0.0805 e. The zero-order valence-corrected chi connectivity index (χ0v) is 11.9. The Labute approximate surface area is 115 Å². The van der Waals surface area contributed by atoms with E-state index in [9.17, 15) is 5.11 Å². The second kappa shape index (κ2) is 6.19. The first-order chi connectivity index (χ1) is 8.16. The summed E-state index contributed by atoms with van der Waals surface area (Å²) in [5.41, 5.74) is 0.799. The molecular formula is C13H16BrClO2. The zero-order chi connectivity index (χ0) is 12.3. The van der Waals surface area contributed by atoms with Gasteiger partial charge in [-0.05, 0) is 43.4 Å². The summed E-state index contributed by atoms with van der Waals surface area (Å²) in [6.45, 7) is 0.861. The molecule has 1 aromatic carbocycles. The number of aliphatic hydroxyl groups excluding tert-OH is 1. The highest BCUT2D eigenvalue weighted by molar-refractivity contribution is 9.10. The number of halogens is 2. The number of hydrogen-bond donors (Lipinski definition) is 1. The van der Waals surface area contributed by atoms with Crippen LogP contribution in [0.4, 0.5) is 0 Å². The van der Waals surface area contributed by atoms with E-state index >= 15 is 0 Å². The van der Waals surface area contributed by atoms with Crippen molar-refractivity contribution in [2.45, 2.75) is 37.9 Å². The molecule has 4 heteroatoms. The molecule has 2 rings (SSSR count). The molecule has 94 valence electrons. The molecular weight excluding hydrogens is 303 g/mol. The van der Waals surface area contributed by atoms with Gasteiger partial charge in [0.15, 0.2) is 0 Å². The highest BCUT2D eigenvalue weighted by Crippen LogP contribution is 2.30. The first-order valence-corrected chi connectivity index (χ1v) is 7.08. The van der Waals surface area contributed by atoms with Crippen LogP contribution in [0.3, 0.4) is 0 Å². The number of rotatable bonds is 4. The van der Waals surface area contributed by atoms with E-state index in [0.717, 1.165) is 35.9 Å². The third-order valence-electron chi connectivity index (χ3n) is 3.11. The average molecular weight is 320 g/mol. The van der Waals surface area contributed by atoms with Gasteiger partial charge in [-0.3, -0.25) is 0 Å². The highest BCUT2D eigenvalue weighted by Gasteiger charge is 2.18. The van der Waals surface area contributed by atoms with Crippen LogP contribution in [0.15, 0.2) is 22.7 Å². The van der Waals surface area contributed by atoms with E-state index in [1.54, 1.807) is 0 Å². The molecule has 1 aromatic rings. The molecule has 0 spiro atoms. The molecule has 0 bridgehead atoms. The molecule has 2 unspecified atom stereocenters. The van der Waals surface area contributed by atoms with Gasteiger partial charge in [0, 0.05) is 16.1 Å². The lowest BCUT2D eigenvalue weighted by atomic mass is 10.0. The van der Waals surface area contributed by atoms with Crippen LogP contribution in [-0.4, -0.2) is 17.8 Å². The Morgan fingerprint density at radius 1 is 1.53 bits per heavy atom. The predicted octanol–water partition coefficient (Wildman–Crippen LogP) is 4.10. The summed E-state index contributed by atoms with van der Waals surface area (Å²) in [6, 6.07) is 5.58. The van der Waals surface area contributed by atoms with Crippen molar-refractivity contribution in [2.75, 3.05) is 6.61 Å². The third-order valence-corrected chi connectivity index (χ3v) is 3.93. The Hall–Kier alpha value is -0.0900. The van der Waals surface area contributed by atoms with Crippen LogP contribution in [0.5, 0.6) is 0 Å². The maximum Gasteiger partial charge on any atom is 0.0805 e. The molecule has 0 aromatic heterocycles. The molecule has 1 heterocycles. The van der Waals surface area contributed by atoms with Gasteiger partial charge in [-0.25, -0.2) is 0 Å². The Bertz CT molecular complexity index is 378. The average Bonchev–Trinajstić information content (AvgIpc) is 2.78. The minimum absolute atomic E-state index is 0.318. The van der Waals surface area contributed by atoms with Gasteiger partial charge in [-0.15, -0.1) is 0 Å². The van der Waals surface area contributed by atoms with E-state index in [2.05, 4.69) is 15.9 Å². The molecule has 0 aliphatic carbocycles. The lowest BCUT2D eigenvalue weighted by Gasteiger charge is -2.15. The van der Waals surface area contributed by atoms with Crippen LogP contribution in [0.25, 0.3) is 0 Å². The minimum Gasteiger partial charge on any atom is -0.388 e. The van der Waals surface area contributed by atoms with Crippen molar-refractivity contribution in [3.8, 4) is 0 Å². The molecule has 1 N–H and O–H groups in total. The number of benzene rings is 1. The maximum absolute atomic E-state index is 10.1. The second-order valence-corrected chi connectivity index (χ2v) is 5.72. The summed E-state index contributed by atoms with van der Waals surface area (Å²) < 4.78 is 6.47. The molecule has 2 atom stereocenters. The van der Waals surface area contributed by atoms with Crippen molar-refractivity contribution < 1.29 is 9.84 Å². The topological polar surface area (TPSA) is 29.5 Å². The molecule has 17 heavy (non-hydrogen) atoms. The van der Waals surface area contributed by atoms with E-state index in [-0.39, 0.29) is 0 Å². The summed E-state index contributed by atoms with van der Waals surface area (Å²) in [4.78, 5) is 0. The number of aliphatic hydroxyl groups is 1. The van der Waals surface area contributed by atoms with Crippen LogP contribution >= 0.6 is 27.5 Å². The summed E-state index contributed by atoms with van der Waals surface area (Å²) in [6.07, 6.45) is 3.67. The quantitative estimate of drug-likeness (QED) is 0.905. The third kappa shape index (κ3) is 3.68. The SMILES string of the molecule is OC(CCC1CCCO1)c1ccc(Br)cc1Cl. The van der Waals surface area contributed by atoms with Crippen molar-refractivity contribution in [1.29, 1.82) is 0 Å². The molecule has 1 aliphatic rings. The van der Waals surface area contributed by atoms with E-state index in [4.69, 9.17) is 16.3 Å². The number of ether oxygens (including phenoxy) is 1. The zero-order valence-electron chi connectivity index (χ0n) is 9.53. The summed E-state index contributed by atoms with van der Waals surface area (Å²) in [5.74, 6) is 0. The second-order valence-electron chi connectivity index (χ2n) is 4.39. The summed E-state index contributed by atoms with van der Waals surface area (Å²) in [5, 5.41) is 10.7. The first kappa shape index (κ1) is 13.3. The molecule has 1 aliphatic heterocycles. The van der Waals surface area contributed by atoms with Gasteiger partial charge in [0.25, 0.3) is 0 Å². The Kier molecular flexibility index (Phi) is 4.86. The van der Waals surface area contributed by atoms with Gasteiger partial charge in [-0.1, -0.05) is 33.6 Å². The van der Waals surface area contributed by atoms with Gasteiger partial charge in [0.2, 0.25) is 0 Å². The van der Waals surface area contributed by atoms with Crippen molar-refractivity contribution in [1.82, 2.24) is 0 Å². The molecule has 0 amide bonds. The van der Waals surface area contributed by atoms with Crippen LogP contribution in [-0.2, 0) is 4.74 Å². The van der Waals surface area contributed by atoms with Crippen LogP contribution < -0.4 is 0 Å². The Morgan fingerprint density at radius 3 is 3.00 bits per heavy atom. The van der Waals surface area contributed by atoms with Crippen LogP contribution in [0, 0.1) is 0 Å². The Balaban J connectivity index is 1.91. The van der Waals surface area contributed by atoms with Crippen molar-refractivity contribution >= 4 is 27.5 Å². The van der Waals surface area contributed by atoms with Gasteiger partial charge in [0.1, 0.15) is 0 Å². The van der Waals surface area contributed by atoms with Crippen LogP contribution in [0.1, 0.15) is 37.4 Å².